The van der Waals surface area contributed by atoms with Gasteiger partial charge in [0.15, 0.2) is 0 Å². The number of halogens is 1. The first-order chi connectivity index (χ1) is 18.4. The molecular formula is C28H27FN4O3S2. The minimum atomic E-state index is -0.450. The van der Waals surface area contributed by atoms with Crippen molar-refractivity contribution in [1.82, 2.24) is 20.2 Å². The Hall–Kier alpha value is -3.50. The first-order valence-electron chi connectivity index (χ1n) is 12.2. The van der Waals surface area contributed by atoms with Crippen molar-refractivity contribution in [1.29, 1.82) is 0 Å². The summed E-state index contributed by atoms with van der Waals surface area (Å²) < 4.78 is 19.7. The van der Waals surface area contributed by atoms with Gasteiger partial charge in [0, 0.05) is 48.2 Å². The van der Waals surface area contributed by atoms with Crippen LogP contribution in [-0.2, 0) is 17.7 Å². The van der Waals surface area contributed by atoms with Gasteiger partial charge in [0.2, 0.25) is 0 Å². The zero-order valence-electron chi connectivity index (χ0n) is 21.0. The smallest absolute Gasteiger partial charge is 0.409 e. The molecule has 10 heteroatoms. The summed E-state index contributed by atoms with van der Waals surface area (Å²) in [5.74, 6) is -0.710. The van der Waals surface area contributed by atoms with Crippen LogP contribution < -0.4 is 5.32 Å². The lowest BCUT2D eigenvalue weighted by Crippen LogP contribution is -2.28. The molecule has 3 heterocycles. The number of carbonyl (C=O) groups is 2. The highest BCUT2D eigenvalue weighted by molar-refractivity contribution is 8.76. The number of nitrogens with one attached hydrogen (secondary N) is 2. The predicted molar refractivity (Wildman–Crippen MR) is 150 cm³/mol. The zero-order valence-corrected chi connectivity index (χ0v) is 22.6. The lowest BCUT2D eigenvalue weighted by atomic mass is 9.99. The standard InChI is InChI=1S/C28H27FN4O3S2/c1-17(37-38-24-5-3-4-11-30-24)16-36-28(35)33(2)15-18-6-8-19(9-7-18)26-21-10-12-31-27(34)22-13-20(29)14-23(32-26)25(21)22/h3-9,11,13-14,17,32H,10,12,15-16H2,1-2H3,(H,31,34)/t17-/m1/s1. The van der Waals surface area contributed by atoms with E-state index in [0.29, 0.717) is 37.2 Å². The van der Waals surface area contributed by atoms with Gasteiger partial charge < -0.3 is 19.9 Å². The van der Waals surface area contributed by atoms with Gasteiger partial charge in [-0.1, -0.05) is 41.1 Å². The SMILES string of the molecule is C[C@H](COC(=O)N(C)Cc1ccc(-c2[nH]c3cc(F)cc4c3c2CCNC4=O)cc1)SSc1ccccn1. The minimum absolute atomic E-state index is 0.111. The third kappa shape index (κ3) is 5.81. The summed E-state index contributed by atoms with van der Waals surface area (Å²) in [7, 11) is 4.88. The number of benzene rings is 2. The monoisotopic (exact) mass is 550 g/mol. The van der Waals surface area contributed by atoms with Crippen LogP contribution in [0.15, 0.2) is 65.8 Å². The second-order valence-electron chi connectivity index (χ2n) is 9.15. The van der Waals surface area contributed by atoms with Gasteiger partial charge in [0.1, 0.15) is 17.5 Å². The van der Waals surface area contributed by atoms with Crippen LogP contribution in [0.4, 0.5) is 9.18 Å². The number of carbonyl (C=O) groups excluding carboxylic acids is 2. The average Bonchev–Trinajstić information content (AvgIpc) is 3.19. The summed E-state index contributed by atoms with van der Waals surface area (Å²) in [6.45, 7) is 3.20. The molecule has 0 fully saturated rings. The Labute approximate surface area is 227 Å². The van der Waals surface area contributed by atoms with Gasteiger partial charge in [-0.2, -0.15) is 0 Å². The van der Waals surface area contributed by atoms with Crippen LogP contribution >= 0.6 is 21.6 Å². The molecule has 2 aromatic carbocycles. The van der Waals surface area contributed by atoms with Crippen LogP contribution in [0.2, 0.25) is 0 Å². The fraction of sp³-hybridized carbons (Fsp3) is 0.250. The maximum atomic E-state index is 14.2. The van der Waals surface area contributed by atoms with Crippen molar-refractivity contribution in [2.24, 2.45) is 0 Å². The van der Waals surface area contributed by atoms with E-state index in [1.165, 1.54) is 12.1 Å². The van der Waals surface area contributed by atoms with Crippen molar-refractivity contribution in [3.8, 4) is 11.3 Å². The van der Waals surface area contributed by atoms with Crippen LogP contribution in [0.25, 0.3) is 22.2 Å². The molecular weight excluding hydrogens is 523 g/mol. The molecule has 1 atom stereocenters. The Kier molecular flexibility index (Phi) is 7.90. The van der Waals surface area contributed by atoms with E-state index < -0.39 is 5.82 Å². The molecule has 0 spiro atoms. The first kappa shape index (κ1) is 26.1. The fourth-order valence-corrected chi connectivity index (χ4v) is 6.28. The Morgan fingerprint density at radius 2 is 2.03 bits per heavy atom. The van der Waals surface area contributed by atoms with Crippen molar-refractivity contribution >= 4 is 44.5 Å². The molecule has 1 aliphatic heterocycles. The second-order valence-corrected chi connectivity index (χ2v) is 11.8. The van der Waals surface area contributed by atoms with Crippen LogP contribution in [0, 0.1) is 5.82 Å². The van der Waals surface area contributed by atoms with E-state index in [-0.39, 0.29) is 17.3 Å². The molecule has 0 unspecified atom stereocenters. The Balaban J connectivity index is 1.21. The van der Waals surface area contributed by atoms with Gasteiger partial charge in [0.05, 0.1) is 5.56 Å². The van der Waals surface area contributed by atoms with Crippen molar-refractivity contribution in [3.63, 3.8) is 0 Å². The van der Waals surface area contributed by atoms with E-state index in [4.69, 9.17) is 4.74 Å². The largest absolute Gasteiger partial charge is 0.448 e. The van der Waals surface area contributed by atoms with Gasteiger partial charge >= 0.3 is 6.09 Å². The summed E-state index contributed by atoms with van der Waals surface area (Å²) in [5, 5.41) is 4.64. The fourth-order valence-electron chi connectivity index (χ4n) is 4.41. The highest BCUT2D eigenvalue weighted by Gasteiger charge is 2.23. The number of H-pyrrole nitrogens is 1. The maximum absolute atomic E-state index is 14.2. The summed E-state index contributed by atoms with van der Waals surface area (Å²) >= 11 is 0. The first-order valence-corrected chi connectivity index (χ1v) is 14.4. The van der Waals surface area contributed by atoms with Crippen LogP contribution in [-0.4, -0.2) is 52.3 Å². The van der Waals surface area contributed by atoms with Crippen LogP contribution in [0.1, 0.15) is 28.4 Å². The third-order valence-corrected chi connectivity index (χ3v) is 8.98. The number of rotatable bonds is 8. The van der Waals surface area contributed by atoms with E-state index >= 15 is 0 Å². The van der Waals surface area contributed by atoms with Gasteiger partial charge in [-0.3, -0.25) is 4.79 Å². The highest BCUT2D eigenvalue weighted by Crippen LogP contribution is 2.35. The number of amides is 2. The lowest BCUT2D eigenvalue weighted by Gasteiger charge is -2.19. The molecule has 2 N–H and O–H groups in total. The molecule has 38 heavy (non-hydrogen) atoms. The summed E-state index contributed by atoms with van der Waals surface area (Å²) in [4.78, 5) is 34.1. The van der Waals surface area contributed by atoms with Crippen molar-refractivity contribution in [2.45, 2.75) is 30.2 Å². The zero-order chi connectivity index (χ0) is 26.6. The van der Waals surface area contributed by atoms with Crippen LogP contribution in [0.5, 0.6) is 0 Å². The number of hydrogen-bond acceptors (Lipinski definition) is 6. The number of aromatic nitrogens is 2. The Bertz CT molecular complexity index is 1460. The van der Waals surface area contributed by atoms with Crippen molar-refractivity contribution < 1.29 is 18.7 Å². The molecule has 0 saturated heterocycles. The van der Waals surface area contributed by atoms with E-state index in [0.717, 1.165) is 32.8 Å². The number of aromatic amines is 1. The molecule has 5 rings (SSSR count). The normalized spacial score (nSPS) is 13.6. The van der Waals surface area contributed by atoms with Crippen molar-refractivity contribution in [3.05, 3.63) is 83.3 Å². The van der Waals surface area contributed by atoms with Crippen LogP contribution in [0.3, 0.4) is 0 Å². The molecule has 0 bridgehead atoms. The maximum Gasteiger partial charge on any atom is 0.409 e. The number of hydrogen-bond donors (Lipinski definition) is 2. The Morgan fingerprint density at radius 1 is 1.21 bits per heavy atom. The topological polar surface area (TPSA) is 87.3 Å². The summed E-state index contributed by atoms with van der Waals surface area (Å²) in [6.07, 6.45) is 2.02. The molecule has 196 valence electrons. The quantitative estimate of drug-likeness (QED) is 0.260. The molecule has 4 aromatic rings. The van der Waals surface area contributed by atoms with Gasteiger partial charge in [-0.05, 0) is 65.1 Å². The molecule has 0 aliphatic carbocycles. The molecule has 7 nitrogen and oxygen atoms in total. The number of nitrogens with zero attached hydrogens (tertiary/aromatic N) is 2. The van der Waals surface area contributed by atoms with E-state index in [9.17, 15) is 14.0 Å². The third-order valence-electron chi connectivity index (χ3n) is 6.22. The van der Waals surface area contributed by atoms with Gasteiger partial charge in [0.25, 0.3) is 5.91 Å². The van der Waals surface area contributed by atoms with E-state index in [1.807, 2.05) is 49.4 Å². The summed E-state index contributed by atoms with van der Waals surface area (Å²) in [6, 6.07) is 16.3. The molecule has 2 amide bonds. The van der Waals surface area contributed by atoms with Gasteiger partial charge in [-0.25, -0.2) is 14.2 Å². The molecule has 1 aliphatic rings. The second kappa shape index (κ2) is 11.5. The minimum Gasteiger partial charge on any atom is -0.448 e. The molecule has 0 saturated carbocycles. The highest BCUT2D eigenvalue weighted by atomic mass is 33.1. The van der Waals surface area contributed by atoms with E-state index in [1.54, 1.807) is 39.7 Å². The lowest BCUT2D eigenvalue weighted by molar-refractivity contribution is 0.0956. The van der Waals surface area contributed by atoms with E-state index in [2.05, 4.69) is 15.3 Å². The Morgan fingerprint density at radius 3 is 2.79 bits per heavy atom. The number of pyridine rings is 1. The average molecular weight is 551 g/mol. The van der Waals surface area contributed by atoms with Gasteiger partial charge in [-0.15, -0.1) is 0 Å². The predicted octanol–water partition coefficient (Wildman–Crippen LogP) is 6.05. The van der Waals surface area contributed by atoms with Crippen molar-refractivity contribution in [2.75, 3.05) is 20.2 Å². The number of ether oxygens (including phenoxy) is 1. The molecule has 2 aromatic heterocycles. The summed E-state index contributed by atoms with van der Waals surface area (Å²) in [5.41, 5.74) is 4.72. The molecule has 0 radical (unpaired) electrons.